The van der Waals surface area contributed by atoms with Crippen molar-refractivity contribution in [2.24, 2.45) is 0 Å². The first-order chi connectivity index (χ1) is 9.19. The molecule has 0 bridgehead atoms. The van der Waals surface area contributed by atoms with E-state index in [1.807, 2.05) is 0 Å². The van der Waals surface area contributed by atoms with Crippen LogP contribution in [0, 0.1) is 10.1 Å². The summed E-state index contributed by atoms with van der Waals surface area (Å²) in [7, 11) is 1.45. The lowest BCUT2D eigenvalue weighted by atomic mass is 10.3. The van der Waals surface area contributed by atoms with E-state index in [1.165, 1.54) is 19.2 Å². The number of nitrogens with zero attached hydrogens (tertiary/aromatic N) is 2. The number of hydrogen-bond donors (Lipinski definition) is 2. The molecule has 0 aliphatic heterocycles. The third-order valence-corrected chi connectivity index (χ3v) is 2.25. The molecule has 1 aromatic heterocycles. The van der Waals surface area contributed by atoms with Crippen molar-refractivity contribution in [1.82, 2.24) is 4.98 Å². The van der Waals surface area contributed by atoms with Crippen LogP contribution < -0.4 is 10.1 Å². The van der Waals surface area contributed by atoms with Crippen molar-refractivity contribution in [3.8, 4) is 5.88 Å². The summed E-state index contributed by atoms with van der Waals surface area (Å²) < 4.78 is 10.00. The molecular weight excluding hydrogens is 254 g/mol. The van der Waals surface area contributed by atoms with E-state index in [0.29, 0.717) is 25.5 Å². The van der Waals surface area contributed by atoms with Crippen LogP contribution >= 0.6 is 0 Å². The second kappa shape index (κ2) is 8.22. The van der Waals surface area contributed by atoms with Crippen molar-refractivity contribution in [3.05, 3.63) is 22.2 Å². The van der Waals surface area contributed by atoms with E-state index in [1.54, 1.807) is 0 Å². The van der Waals surface area contributed by atoms with Gasteiger partial charge in [0, 0.05) is 25.3 Å². The first kappa shape index (κ1) is 15.1. The van der Waals surface area contributed by atoms with Gasteiger partial charge in [-0.2, -0.15) is 4.98 Å². The third kappa shape index (κ3) is 5.06. The average Bonchev–Trinajstić information content (AvgIpc) is 2.42. The molecule has 0 aromatic carbocycles. The molecule has 0 amide bonds. The minimum atomic E-state index is -0.503. The van der Waals surface area contributed by atoms with Crippen LogP contribution in [0.3, 0.4) is 0 Å². The highest BCUT2D eigenvalue weighted by Gasteiger charge is 2.15. The third-order valence-electron chi connectivity index (χ3n) is 2.25. The summed E-state index contributed by atoms with van der Waals surface area (Å²) in [4.78, 5) is 14.3. The van der Waals surface area contributed by atoms with Gasteiger partial charge < -0.3 is 19.9 Å². The molecule has 0 aliphatic carbocycles. The molecule has 8 heteroatoms. The molecule has 1 aromatic rings. The van der Waals surface area contributed by atoms with Gasteiger partial charge in [-0.05, 0) is 6.42 Å². The van der Waals surface area contributed by atoms with Crippen LogP contribution in [0.15, 0.2) is 12.1 Å². The van der Waals surface area contributed by atoms with Crippen LogP contribution in [0.2, 0.25) is 0 Å². The fourth-order valence-corrected chi connectivity index (χ4v) is 1.37. The molecule has 0 aliphatic rings. The van der Waals surface area contributed by atoms with E-state index < -0.39 is 4.92 Å². The van der Waals surface area contributed by atoms with Gasteiger partial charge in [-0.15, -0.1) is 0 Å². The lowest BCUT2D eigenvalue weighted by molar-refractivity contribution is -0.384. The van der Waals surface area contributed by atoms with E-state index in [4.69, 9.17) is 14.6 Å². The van der Waals surface area contributed by atoms with Crippen molar-refractivity contribution in [1.29, 1.82) is 0 Å². The van der Waals surface area contributed by atoms with E-state index in [0.717, 1.165) is 0 Å². The maximum atomic E-state index is 10.8. The highest BCUT2D eigenvalue weighted by atomic mass is 16.6. The number of nitro groups is 1. The van der Waals surface area contributed by atoms with E-state index in [-0.39, 0.29) is 24.7 Å². The average molecular weight is 271 g/mol. The Bertz CT molecular complexity index is 413. The van der Waals surface area contributed by atoms with Crippen LogP contribution in [0.25, 0.3) is 0 Å². The van der Waals surface area contributed by atoms with Gasteiger partial charge in [-0.1, -0.05) is 0 Å². The number of aromatic nitrogens is 1. The fraction of sp³-hybridized carbons (Fsp3) is 0.545. The Morgan fingerprint density at radius 2 is 2.26 bits per heavy atom. The zero-order chi connectivity index (χ0) is 14.1. The molecule has 0 spiro atoms. The predicted molar refractivity (Wildman–Crippen MR) is 68.5 cm³/mol. The van der Waals surface area contributed by atoms with Gasteiger partial charge in [-0.25, -0.2) is 0 Å². The van der Waals surface area contributed by atoms with Gasteiger partial charge in [0.25, 0.3) is 0 Å². The first-order valence-electron chi connectivity index (χ1n) is 5.81. The molecule has 106 valence electrons. The highest BCUT2D eigenvalue weighted by molar-refractivity contribution is 5.56. The standard InChI is InChI=1S/C11H17N3O5/c1-18-10-4-3-9(14(16)17)11(13-10)12-5-2-7-19-8-6-15/h3-4,15H,2,5-8H2,1H3,(H,12,13). The van der Waals surface area contributed by atoms with Gasteiger partial charge >= 0.3 is 5.69 Å². The number of rotatable bonds is 9. The van der Waals surface area contributed by atoms with Crippen LogP contribution in [0.1, 0.15) is 6.42 Å². The summed E-state index contributed by atoms with van der Waals surface area (Å²) in [6.07, 6.45) is 0.649. The Labute approximate surface area is 110 Å². The molecule has 0 saturated heterocycles. The Morgan fingerprint density at radius 3 is 2.89 bits per heavy atom. The zero-order valence-corrected chi connectivity index (χ0v) is 10.7. The second-order valence-electron chi connectivity index (χ2n) is 3.59. The fourth-order valence-electron chi connectivity index (χ4n) is 1.37. The summed E-state index contributed by atoms with van der Waals surface area (Å²) in [5.74, 6) is 0.483. The molecule has 0 saturated carbocycles. The molecule has 0 unspecified atom stereocenters. The quantitative estimate of drug-likeness (QED) is 0.389. The molecular formula is C11H17N3O5. The Kier molecular flexibility index (Phi) is 6.55. The molecule has 19 heavy (non-hydrogen) atoms. The number of methoxy groups -OCH3 is 1. The second-order valence-corrected chi connectivity index (χ2v) is 3.59. The maximum absolute atomic E-state index is 10.8. The van der Waals surface area contributed by atoms with Gasteiger partial charge in [-0.3, -0.25) is 10.1 Å². The minimum Gasteiger partial charge on any atom is -0.481 e. The Hall–Kier alpha value is -1.93. The molecule has 0 atom stereocenters. The normalized spacial score (nSPS) is 10.2. The van der Waals surface area contributed by atoms with Crippen LogP contribution in [-0.2, 0) is 4.74 Å². The monoisotopic (exact) mass is 271 g/mol. The summed E-state index contributed by atoms with van der Waals surface area (Å²) >= 11 is 0. The van der Waals surface area contributed by atoms with Crippen molar-refractivity contribution in [3.63, 3.8) is 0 Å². The molecule has 0 radical (unpaired) electrons. The van der Waals surface area contributed by atoms with Crippen molar-refractivity contribution >= 4 is 11.5 Å². The molecule has 2 N–H and O–H groups in total. The molecule has 0 fully saturated rings. The maximum Gasteiger partial charge on any atom is 0.311 e. The van der Waals surface area contributed by atoms with Crippen LogP contribution in [0.5, 0.6) is 5.88 Å². The number of nitrogens with one attached hydrogen (secondary N) is 1. The van der Waals surface area contributed by atoms with E-state index in [9.17, 15) is 10.1 Å². The van der Waals surface area contributed by atoms with Crippen LogP contribution in [0.4, 0.5) is 11.5 Å². The Balaban J connectivity index is 2.52. The smallest absolute Gasteiger partial charge is 0.311 e. The summed E-state index contributed by atoms with van der Waals surface area (Å²) in [5.41, 5.74) is -0.0999. The Morgan fingerprint density at radius 1 is 1.47 bits per heavy atom. The number of aliphatic hydroxyl groups is 1. The van der Waals surface area contributed by atoms with Crippen LogP contribution in [-0.4, -0.2) is 48.5 Å². The highest BCUT2D eigenvalue weighted by Crippen LogP contribution is 2.24. The lowest BCUT2D eigenvalue weighted by Gasteiger charge is -2.07. The minimum absolute atomic E-state index is 0.0175. The predicted octanol–water partition coefficient (Wildman–Crippen LogP) is 0.809. The lowest BCUT2D eigenvalue weighted by Crippen LogP contribution is -2.10. The number of pyridine rings is 1. The molecule has 1 heterocycles. The first-order valence-corrected chi connectivity index (χ1v) is 5.81. The number of ether oxygens (including phenoxy) is 2. The summed E-state index contributed by atoms with van der Waals surface area (Å²) in [6.45, 7) is 1.21. The zero-order valence-electron chi connectivity index (χ0n) is 10.7. The summed E-state index contributed by atoms with van der Waals surface area (Å²) in [6, 6.07) is 2.78. The van der Waals surface area contributed by atoms with Gasteiger partial charge in [0.15, 0.2) is 0 Å². The van der Waals surface area contributed by atoms with Crippen molar-refractivity contribution in [2.75, 3.05) is 38.8 Å². The number of hydrogen-bond acceptors (Lipinski definition) is 7. The molecule has 1 rings (SSSR count). The van der Waals surface area contributed by atoms with Gasteiger partial charge in [0.05, 0.1) is 25.2 Å². The largest absolute Gasteiger partial charge is 0.481 e. The van der Waals surface area contributed by atoms with E-state index in [2.05, 4.69) is 10.3 Å². The van der Waals surface area contributed by atoms with E-state index >= 15 is 0 Å². The van der Waals surface area contributed by atoms with Crippen molar-refractivity contribution < 1.29 is 19.5 Å². The molecule has 8 nitrogen and oxygen atoms in total. The summed E-state index contributed by atoms with van der Waals surface area (Å²) in [5, 5.41) is 22.2. The van der Waals surface area contributed by atoms with Gasteiger partial charge in [0.1, 0.15) is 0 Å². The van der Waals surface area contributed by atoms with Crippen molar-refractivity contribution in [2.45, 2.75) is 6.42 Å². The SMILES string of the molecule is COc1ccc([N+](=O)[O-])c(NCCCOCCO)n1. The topological polar surface area (TPSA) is 107 Å². The number of aliphatic hydroxyl groups excluding tert-OH is 1. The number of anilines is 1. The van der Waals surface area contributed by atoms with Gasteiger partial charge in [0.2, 0.25) is 11.7 Å².